The van der Waals surface area contributed by atoms with Crippen LogP contribution in [0.3, 0.4) is 0 Å². The maximum atomic E-state index is 13.7. The SMILES string of the molecule is CC(CC(c1ccccc1C(=O)[O-])C(F)(F)F)N(C)C(=O)c1ccccc1. The summed E-state index contributed by atoms with van der Waals surface area (Å²) in [6.45, 7) is 1.50. The van der Waals surface area contributed by atoms with Crippen molar-refractivity contribution in [1.82, 2.24) is 4.90 Å². The Morgan fingerprint density at radius 1 is 1.04 bits per heavy atom. The van der Waals surface area contributed by atoms with E-state index in [4.69, 9.17) is 0 Å². The quantitative estimate of drug-likeness (QED) is 0.775. The molecule has 0 N–H and O–H groups in total. The van der Waals surface area contributed by atoms with Crippen LogP contribution in [0.15, 0.2) is 54.6 Å². The average molecular weight is 378 g/mol. The monoisotopic (exact) mass is 378 g/mol. The predicted octanol–water partition coefficient (Wildman–Crippen LogP) is 3.25. The first kappa shape index (κ1) is 20.5. The predicted molar refractivity (Wildman–Crippen MR) is 92.2 cm³/mol. The van der Waals surface area contributed by atoms with Gasteiger partial charge in [-0.15, -0.1) is 0 Å². The zero-order valence-corrected chi connectivity index (χ0v) is 14.9. The third-order valence-corrected chi connectivity index (χ3v) is 4.53. The molecular formula is C20H19F3NO3-. The summed E-state index contributed by atoms with van der Waals surface area (Å²) in [6.07, 6.45) is -5.14. The molecule has 2 aromatic rings. The minimum Gasteiger partial charge on any atom is -0.545 e. The number of amides is 1. The summed E-state index contributed by atoms with van der Waals surface area (Å²) in [5, 5.41) is 11.2. The Morgan fingerprint density at radius 2 is 1.59 bits per heavy atom. The molecular weight excluding hydrogens is 359 g/mol. The highest BCUT2D eigenvalue weighted by Crippen LogP contribution is 2.40. The second-order valence-corrected chi connectivity index (χ2v) is 6.34. The van der Waals surface area contributed by atoms with E-state index in [1.54, 1.807) is 30.3 Å². The van der Waals surface area contributed by atoms with Crippen LogP contribution in [0, 0.1) is 0 Å². The van der Waals surface area contributed by atoms with E-state index >= 15 is 0 Å². The number of nitrogens with zero attached hydrogens (tertiary/aromatic N) is 1. The van der Waals surface area contributed by atoms with Gasteiger partial charge in [0, 0.05) is 24.2 Å². The van der Waals surface area contributed by atoms with E-state index in [1.165, 1.54) is 31.0 Å². The Kier molecular flexibility index (Phi) is 6.25. The van der Waals surface area contributed by atoms with Gasteiger partial charge in [0.1, 0.15) is 0 Å². The summed E-state index contributed by atoms with van der Waals surface area (Å²) in [5.41, 5.74) is -0.494. The number of rotatable bonds is 6. The lowest BCUT2D eigenvalue weighted by molar-refractivity contribution is -0.255. The molecule has 4 nitrogen and oxygen atoms in total. The first-order valence-electron chi connectivity index (χ1n) is 8.32. The Bertz CT molecular complexity index is 806. The molecule has 0 bridgehead atoms. The van der Waals surface area contributed by atoms with E-state index in [0.717, 1.165) is 12.1 Å². The van der Waals surface area contributed by atoms with Gasteiger partial charge in [0.05, 0.1) is 11.9 Å². The Balaban J connectivity index is 2.29. The molecule has 0 saturated carbocycles. The number of carbonyl (C=O) groups is 2. The van der Waals surface area contributed by atoms with Crippen LogP contribution < -0.4 is 5.11 Å². The van der Waals surface area contributed by atoms with Crippen LogP contribution >= 0.6 is 0 Å². The fourth-order valence-corrected chi connectivity index (χ4v) is 2.91. The van der Waals surface area contributed by atoms with Crippen molar-refractivity contribution >= 4 is 11.9 Å². The maximum absolute atomic E-state index is 13.7. The molecule has 0 saturated heterocycles. The van der Waals surface area contributed by atoms with Crippen LogP contribution in [0.4, 0.5) is 13.2 Å². The minimum atomic E-state index is -4.67. The maximum Gasteiger partial charge on any atom is 0.395 e. The lowest BCUT2D eigenvalue weighted by Gasteiger charge is -2.31. The van der Waals surface area contributed by atoms with E-state index in [1.807, 2.05) is 0 Å². The first-order valence-corrected chi connectivity index (χ1v) is 8.32. The van der Waals surface area contributed by atoms with E-state index in [0.29, 0.717) is 5.56 Å². The van der Waals surface area contributed by atoms with Crippen LogP contribution in [0.1, 0.15) is 45.5 Å². The van der Waals surface area contributed by atoms with Gasteiger partial charge in [-0.25, -0.2) is 0 Å². The molecule has 2 atom stereocenters. The first-order chi connectivity index (χ1) is 12.6. The Hall–Kier alpha value is -2.83. The van der Waals surface area contributed by atoms with Gasteiger partial charge >= 0.3 is 6.18 Å². The van der Waals surface area contributed by atoms with Crippen molar-refractivity contribution in [3.05, 3.63) is 71.3 Å². The highest BCUT2D eigenvalue weighted by molar-refractivity contribution is 5.94. The van der Waals surface area contributed by atoms with Gasteiger partial charge in [0.2, 0.25) is 0 Å². The van der Waals surface area contributed by atoms with Crippen molar-refractivity contribution in [2.24, 2.45) is 0 Å². The largest absolute Gasteiger partial charge is 0.545 e. The molecule has 2 rings (SSSR count). The average Bonchev–Trinajstić information content (AvgIpc) is 2.64. The number of carbonyl (C=O) groups excluding carboxylic acids is 2. The molecule has 0 aliphatic rings. The Labute approximate surface area is 155 Å². The van der Waals surface area contributed by atoms with Gasteiger partial charge in [0.15, 0.2) is 0 Å². The summed E-state index contributed by atoms with van der Waals surface area (Å²) in [4.78, 5) is 24.9. The fourth-order valence-electron chi connectivity index (χ4n) is 2.91. The summed E-state index contributed by atoms with van der Waals surface area (Å²) in [6, 6.07) is 12.4. The third-order valence-electron chi connectivity index (χ3n) is 4.53. The zero-order chi connectivity index (χ0) is 20.2. The standard InChI is InChI=1S/C20H20F3NO3/c1-13(24(2)18(25)14-8-4-3-5-9-14)12-17(20(21,22)23)15-10-6-7-11-16(15)19(26)27/h3-11,13,17H,12H2,1-2H3,(H,26,27)/p-1. The molecule has 2 unspecified atom stereocenters. The molecule has 2 aromatic carbocycles. The molecule has 0 fully saturated rings. The highest BCUT2D eigenvalue weighted by Gasteiger charge is 2.43. The van der Waals surface area contributed by atoms with Gasteiger partial charge in [-0.3, -0.25) is 4.79 Å². The molecule has 0 aliphatic heterocycles. The number of hydrogen-bond donors (Lipinski definition) is 0. The van der Waals surface area contributed by atoms with Crippen LogP contribution in [0.5, 0.6) is 0 Å². The Morgan fingerprint density at radius 3 is 2.15 bits per heavy atom. The van der Waals surface area contributed by atoms with Crippen LogP contribution in [-0.2, 0) is 0 Å². The van der Waals surface area contributed by atoms with Crippen LogP contribution in [0.25, 0.3) is 0 Å². The molecule has 27 heavy (non-hydrogen) atoms. The molecule has 0 heterocycles. The lowest BCUT2D eigenvalue weighted by atomic mass is 9.88. The van der Waals surface area contributed by atoms with Crippen molar-refractivity contribution in [3.63, 3.8) is 0 Å². The minimum absolute atomic E-state index is 0.364. The number of hydrogen-bond acceptors (Lipinski definition) is 3. The number of carboxylic acids is 1. The molecule has 0 aromatic heterocycles. The summed E-state index contributed by atoms with van der Waals surface area (Å²) >= 11 is 0. The van der Waals surface area contributed by atoms with E-state index < -0.39 is 42.0 Å². The summed E-state index contributed by atoms with van der Waals surface area (Å²) in [7, 11) is 1.43. The van der Waals surface area contributed by atoms with Gasteiger partial charge in [0.25, 0.3) is 5.91 Å². The van der Waals surface area contributed by atoms with Crippen molar-refractivity contribution in [2.45, 2.75) is 31.5 Å². The molecule has 0 spiro atoms. The van der Waals surface area contributed by atoms with E-state index in [-0.39, 0.29) is 5.56 Å². The van der Waals surface area contributed by atoms with Gasteiger partial charge in [-0.2, -0.15) is 13.2 Å². The number of halogens is 3. The number of benzene rings is 2. The van der Waals surface area contributed by atoms with Crippen LogP contribution in [0.2, 0.25) is 0 Å². The van der Waals surface area contributed by atoms with Gasteiger partial charge < -0.3 is 14.8 Å². The topological polar surface area (TPSA) is 60.4 Å². The zero-order valence-electron chi connectivity index (χ0n) is 14.9. The van der Waals surface area contributed by atoms with Crippen molar-refractivity contribution < 1.29 is 27.9 Å². The van der Waals surface area contributed by atoms with Gasteiger partial charge in [-0.1, -0.05) is 42.5 Å². The second kappa shape index (κ2) is 8.24. The lowest BCUT2D eigenvalue weighted by Crippen LogP contribution is -2.38. The van der Waals surface area contributed by atoms with Crippen molar-refractivity contribution in [2.75, 3.05) is 7.05 Å². The molecule has 1 amide bonds. The molecule has 0 aliphatic carbocycles. The van der Waals surface area contributed by atoms with E-state index in [9.17, 15) is 27.9 Å². The fraction of sp³-hybridized carbons (Fsp3) is 0.300. The number of carboxylic acid groups (broad SMARTS) is 1. The summed E-state index contributed by atoms with van der Waals surface area (Å²) < 4.78 is 41.0. The van der Waals surface area contributed by atoms with Crippen molar-refractivity contribution in [3.8, 4) is 0 Å². The summed E-state index contributed by atoms with van der Waals surface area (Å²) in [5.74, 6) is -4.11. The number of aromatic carboxylic acids is 1. The normalized spacial score (nSPS) is 13.7. The smallest absolute Gasteiger partial charge is 0.395 e. The van der Waals surface area contributed by atoms with E-state index in [2.05, 4.69) is 0 Å². The molecule has 144 valence electrons. The highest BCUT2D eigenvalue weighted by atomic mass is 19.4. The molecule has 7 heteroatoms. The second-order valence-electron chi connectivity index (χ2n) is 6.34. The van der Waals surface area contributed by atoms with Crippen LogP contribution in [-0.4, -0.2) is 36.0 Å². The molecule has 0 radical (unpaired) electrons. The number of alkyl halides is 3. The van der Waals surface area contributed by atoms with Crippen molar-refractivity contribution in [1.29, 1.82) is 0 Å². The van der Waals surface area contributed by atoms with Gasteiger partial charge in [-0.05, 0) is 31.0 Å². The third kappa shape index (κ3) is 4.87.